The van der Waals surface area contributed by atoms with Crippen molar-refractivity contribution in [3.8, 4) is 0 Å². The lowest BCUT2D eigenvalue weighted by atomic mass is 9.89. The first kappa shape index (κ1) is 24.2. The second-order valence-electron chi connectivity index (χ2n) is 8.05. The normalized spacial score (nSPS) is 12.6. The first-order chi connectivity index (χ1) is 12.8. The molecule has 0 bridgehead atoms. The Morgan fingerprint density at radius 2 is 1.23 bits per heavy atom. The summed E-state index contributed by atoms with van der Waals surface area (Å²) in [5.41, 5.74) is 1.49. The molecule has 0 aliphatic heterocycles. The molecular weight excluding hydrogens is 400 g/mol. The summed E-state index contributed by atoms with van der Waals surface area (Å²) in [7, 11) is 0. The van der Waals surface area contributed by atoms with E-state index in [2.05, 4.69) is 41.2 Å². The molecule has 26 heavy (non-hydrogen) atoms. The number of hydrogen-bond donors (Lipinski definition) is 0. The number of hydrogen-bond acceptors (Lipinski definition) is 1. The lowest BCUT2D eigenvalue weighted by Gasteiger charge is -2.17. The van der Waals surface area contributed by atoms with Crippen LogP contribution in [0.1, 0.15) is 122 Å². The monoisotopic (exact) mass is 441 g/mol. The molecule has 1 radical (unpaired) electrons. The molecule has 0 amide bonds. The van der Waals surface area contributed by atoms with Crippen molar-refractivity contribution < 1.29 is 0 Å². The van der Waals surface area contributed by atoms with E-state index < -0.39 is 0 Å². The van der Waals surface area contributed by atoms with E-state index in [1.54, 1.807) is 11.3 Å². The molecule has 2 heteroatoms. The molecule has 1 aromatic rings. The Morgan fingerprint density at radius 1 is 0.769 bits per heavy atom. The van der Waals surface area contributed by atoms with Crippen LogP contribution in [0.15, 0.2) is 9.85 Å². The number of unbranched alkanes of at least 4 members (excludes halogenated alkanes) is 12. The Kier molecular flexibility index (Phi) is 16.1. The van der Waals surface area contributed by atoms with Crippen molar-refractivity contribution in [2.75, 3.05) is 0 Å². The molecule has 0 N–H and O–H groups in total. The Hall–Kier alpha value is 0.180. The molecule has 1 rings (SSSR count). The van der Waals surface area contributed by atoms with Gasteiger partial charge in [-0.3, -0.25) is 0 Å². The van der Waals surface area contributed by atoms with Gasteiger partial charge in [-0.25, -0.2) is 0 Å². The van der Waals surface area contributed by atoms with Gasteiger partial charge in [-0.15, -0.1) is 11.3 Å². The van der Waals surface area contributed by atoms with Crippen molar-refractivity contribution >= 4 is 27.3 Å². The number of halogens is 1. The van der Waals surface area contributed by atoms with Crippen LogP contribution in [0.5, 0.6) is 0 Å². The maximum Gasteiger partial charge on any atom is 0.0737 e. The van der Waals surface area contributed by atoms with Gasteiger partial charge in [0.2, 0.25) is 0 Å². The van der Waals surface area contributed by atoms with E-state index in [1.165, 1.54) is 119 Å². The molecule has 1 aromatic heterocycles. The van der Waals surface area contributed by atoms with E-state index in [0.29, 0.717) is 0 Å². The van der Waals surface area contributed by atoms with Gasteiger partial charge in [-0.1, -0.05) is 117 Å². The van der Waals surface area contributed by atoms with Crippen LogP contribution in [0.4, 0.5) is 0 Å². The summed E-state index contributed by atoms with van der Waals surface area (Å²) in [4.78, 5) is 0. The van der Waals surface area contributed by atoms with Crippen molar-refractivity contribution in [2.24, 2.45) is 5.92 Å². The Labute approximate surface area is 176 Å². The van der Waals surface area contributed by atoms with E-state index in [9.17, 15) is 0 Å². The van der Waals surface area contributed by atoms with Crippen molar-refractivity contribution in [1.82, 2.24) is 0 Å². The maximum atomic E-state index is 3.72. The average Bonchev–Trinajstić information content (AvgIpc) is 3.04. The highest BCUT2D eigenvalue weighted by Crippen LogP contribution is 2.29. The van der Waals surface area contributed by atoms with E-state index in [0.717, 1.165) is 5.92 Å². The van der Waals surface area contributed by atoms with Gasteiger partial charge in [-0.05, 0) is 39.9 Å². The van der Waals surface area contributed by atoms with Crippen LogP contribution in [0.2, 0.25) is 0 Å². The molecule has 0 aromatic carbocycles. The van der Waals surface area contributed by atoms with Gasteiger partial charge in [0.25, 0.3) is 0 Å². The quantitative estimate of drug-likeness (QED) is 0.198. The van der Waals surface area contributed by atoms with Crippen molar-refractivity contribution in [3.05, 3.63) is 20.8 Å². The SMILES string of the molecule is CCCCCCCCCCC(CCCCCCCC)Cc1c[c]sc1Br. The zero-order valence-electron chi connectivity index (χ0n) is 17.5. The zero-order valence-corrected chi connectivity index (χ0v) is 19.9. The topological polar surface area (TPSA) is 0 Å². The van der Waals surface area contributed by atoms with Gasteiger partial charge in [0.05, 0.1) is 3.79 Å². The first-order valence-corrected chi connectivity index (χ1v) is 13.0. The van der Waals surface area contributed by atoms with Crippen LogP contribution in [0.3, 0.4) is 0 Å². The minimum absolute atomic E-state index is 0.876. The highest BCUT2D eigenvalue weighted by molar-refractivity contribution is 9.11. The molecule has 0 saturated heterocycles. The van der Waals surface area contributed by atoms with Gasteiger partial charge in [0.15, 0.2) is 0 Å². The fraction of sp³-hybridized carbons (Fsp3) is 0.833. The summed E-state index contributed by atoms with van der Waals surface area (Å²) < 4.78 is 1.31. The minimum atomic E-state index is 0.876. The maximum absolute atomic E-state index is 3.72. The van der Waals surface area contributed by atoms with Crippen LogP contribution in [0.25, 0.3) is 0 Å². The lowest BCUT2D eigenvalue weighted by molar-refractivity contribution is 0.400. The predicted octanol–water partition coefficient (Wildman–Crippen LogP) is 9.75. The minimum Gasteiger partial charge on any atom is -0.127 e. The third-order valence-electron chi connectivity index (χ3n) is 5.57. The fourth-order valence-electron chi connectivity index (χ4n) is 3.85. The zero-order chi connectivity index (χ0) is 18.9. The van der Waals surface area contributed by atoms with E-state index in [4.69, 9.17) is 0 Å². The van der Waals surface area contributed by atoms with E-state index in [1.807, 2.05) is 0 Å². The summed E-state index contributed by atoms with van der Waals surface area (Å²) in [6.07, 6.45) is 24.0. The Bertz CT molecular complexity index is 412. The molecule has 0 fully saturated rings. The summed E-state index contributed by atoms with van der Waals surface area (Å²) in [6.45, 7) is 4.60. The highest BCUT2D eigenvalue weighted by atomic mass is 79.9. The third-order valence-corrected chi connectivity index (χ3v) is 7.25. The average molecular weight is 443 g/mol. The van der Waals surface area contributed by atoms with E-state index >= 15 is 0 Å². The van der Waals surface area contributed by atoms with Gasteiger partial charge in [0.1, 0.15) is 0 Å². The molecule has 0 nitrogen and oxygen atoms in total. The molecule has 0 saturated carbocycles. The molecule has 151 valence electrons. The van der Waals surface area contributed by atoms with Crippen LogP contribution >= 0.6 is 27.3 Å². The van der Waals surface area contributed by atoms with Crippen molar-refractivity contribution in [2.45, 2.75) is 123 Å². The molecule has 0 aliphatic rings. The van der Waals surface area contributed by atoms with Crippen LogP contribution in [-0.4, -0.2) is 0 Å². The van der Waals surface area contributed by atoms with Crippen LogP contribution in [-0.2, 0) is 6.42 Å². The standard InChI is InChI=1S/C24H42BrS/c1-3-5-7-9-11-12-14-16-18-22(17-15-13-10-8-6-4-2)21-23-19-20-26-24(23)25/h19,22H,3-18,21H2,1-2H3. The summed E-state index contributed by atoms with van der Waals surface area (Å²) in [5.74, 6) is 0.876. The fourth-order valence-corrected chi connectivity index (χ4v) is 4.99. The molecule has 0 aliphatic carbocycles. The van der Waals surface area contributed by atoms with Crippen molar-refractivity contribution in [3.63, 3.8) is 0 Å². The second-order valence-corrected chi connectivity index (χ2v) is 10.2. The third kappa shape index (κ3) is 12.5. The van der Waals surface area contributed by atoms with Crippen LogP contribution in [0, 0.1) is 11.3 Å². The van der Waals surface area contributed by atoms with Gasteiger partial charge < -0.3 is 0 Å². The van der Waals surface area contributed by atoms with Gasteiger partial charge >= 0.3 is 0 Å². The van der Waals surface area contributed by atoms with E-state index in [-0.39, 0.29) is 0 Å². The lowest BCUT2D eigenvalue weighted by Crippen LogP contribution is -2.05. The molecule has 1 atom stereocenters. The highest BCUT2D eigenvalue weighted by Gasteiger charge is 2.12. The number of thiophene rings is 1. The Morgan fingerprint density at radius 3 is 1.65 bits per heavy atom. The first-order valence-electron chi connectivity index (χ1n) is 11.4. The predicted molar refractivity (Wildman–Crippen MR) is 123 cm³/mol. The smallest absolute Gasteiger partial charge is 0.0737 e. The summed E-state index contributed by atoms with van der Waals surface area (Å²) in [5, 5.41) is 3.29. The van der Waals surface area contributed by atoms with Gasteiger partial charge in [0, 0.05) is 5.38 Å². The molecule has 1 heterocycles. The van der Waals surface area contributed by atoms with Gasteiger partial charge in [-0.2, -0.15) is 0 Å². The molecule has 0 spiro atoms. The van der Waals surface area contributed by atoms with Crippen molar-refractivity contribution in [1.29, 1.82) is 0 Å². The summed E-state index contributed by atoms with van der Waals surface area (Å²) in [6, 6.07) is 2.21. The van der Waals surface area contributed by atoms with Crippen LogP contribution < -0.4 is 0 Å². The largest absolute Gasteiger partial charge is 0.127 e. The molecule has 1 unspecified atom stereocenters. The Balaban J connectivity index is 2.21. The number of rotatable bonds is 18. The summed E-state index contributed by atoms with van der Waals surface area (Å²) >= 11 is 5.43. The molecular formula is C24H42BrS. The second kappa shape index (κ2) is 17.3.